The molecule has 0 aliphatic carbocycles. The van der Waals surface area contributed by atoms with E-state index in [0.717, 1.165) is 0 Å². The summed E-state index contributed by atoms with van der Waals surface area (Å²) in [7, 11) is 0. The summed E-state index contributed by atoms with van der Waals surface area (Å²) in [4.78, 5) is 0. The van der Waals surface area contributed by atoms with Gasteiger partial charge in [0.2, 0.25) is 0 Å². The average Bonchev–Trinajstić information content (AvgIpc) is 2.36. The van der Waals surface area contributed by atoms with Gasteiger partial charge in [0, 0.05) is 5.33 Å². The third-order valence-corrected chi connectivity index (χ3v) is 3.36. The molecular weight excluding hydrogens is 316 g/mol. The van der Waals surface area contributed by atoms with E-state index in [-0.39, 0.29) is 12.4 Å². The number of nitrogens with zero attached hydrogens (tertiary/aromatic N) is 1. The Hall–Kier alpha value is -1.15. The van der Waals surface area contributed by atoms with Gasteiger partial charge in [0.1, 0.15) is 0 Å². The average molecular weight is 332 g/mol. The standard InChI is InChI=1S/C14H16BrF2NO/c1-14(2,9-18)4-3-5-19-13-11(16)6-10(8-15)7-12(13)17/h6-7H,3-5,8H2,1-2H3. The zero-order valence-electron chi connectivity index (χ0n) is 11.0. The number of hydrogen-bond donors (Lipinski definition) is 0. The maximum Gasteiger partial charge on any atom is 0.190 e. The predicted octanol–water partition coefficient (Wildman–Crippen LogP) is 4.57. The number of nitriles is 1. The maximum atomic E-state index is 13.6. The summed E-state index contributed by atoms with van der Waals surface area (Å²) >= 11 is 3.14. The van der Waals surface area contributed by atoms with Crippen LogP contribution in [-0.2, 0) is 5.33 Å². The monoisotopic (exact) mass is 331 g/mol. The summed E-state index contributed by atoms with van der Waals surface area (Å²) in [6.07, 6.45) is 1.19. The summed E-state index contributed by atoms with van der Waals surface area (Å²) in [6, 6.07) is 4.65. The van der Waals surface area contributed by atoms with E-state index in [9.17, 15) is 8.78 Å². The van der Waals surface area contributed by atoms with Gasteiger partial charge in [-0.2, -0.15) is 5.26 Å². The Morgan fingerprint density at radius 1 is 1.32 bits per heavy atom. The molecule has 0 aromatic heterocycles. The zero-order valence-corrected chi connectivity index (χ0v) is 12.6. The van der Waals surface area contributed by atoms with Crippen LogP contribution in [0.25, 0.3) is 0 Å². The lowest BCUT2D eigenvalue weighted by atomic mass is 9.90. The van der Waals surface area contributed by atoms with E-state index in [0.29, 0.717) is 23.7 Å². The Labute approximate surface area is 120 Å². The highest BCUT2D eigenvalue weighted by Gasteiger charge is 2.17. The van der Waals surface area contributed by atoms with Crippen LogP contribution < -0.4 is 4.74 Å². The number of alkyl halides is 1. The first-order valence-electron chi connectivity index (χ1n) is 5.97. The van der Waals surface area contributed by atoms with Crippen LogP contribution in [0.1, 0.15) is 32.3 Å². The third kappa shape index (κ3) is 4.79. The van der Waals surface area contributed by atoms with Crippen LogP contribution in [0.3, 0.4) is 0 Å². The molecule has 0 bridgehead atoms. The SMILES string of the molecule is CC(C)(C#N)CCCOc1c(F)cc(CBr)cc1F. The molecule has 2 nitrogen and oxygen atoms in total. The van der Waals surface area contributed by atoms with Crippen LogP contribution in [-0.4, -0.2) is 6.61 Å². The van der Waals surface area contributed by atoms with Crippen LogP contribution in [0.5, 0.6) is 5.75 Å². The van der Waals surface area contributed by atoms with Gasteiger partial charge in [-0.3, -0.25) is 0 Å². The minimum absolute atomic E-state index is 0.187. The lowest BCUT2D eigenvalue weighted by Crippen LogP contribution is -2.10. The van der Waals surface area contributed by atoms with Crippen molar-refractivity contribution in [2.75, 3.05) is 6.61 Å². The molecule has 0 aliphatic heterocycles. The van der Waals surface area contributed by atoms with Gasteiger partial charge in [-0.05, 0) is 44.4 Å². The smallest absolute Gasteiger partial charge is 0.190 e. The summed E-state index contributed by atoms with van der Waals surface area (Å²) in [5, 5.41) is 9.23. The van der Waals surface area contributed by atoms with Crippen molar-refractivity contribution in [1.82, 2.24) is 0 Å². The van der Waals surface area contributed by atoms with E-state index in [1.54, 1.807) is 0 Å². The van der Waals surface area contributed by atoms with Crippen LogP contribution in [0, 0.1) is 28.4 Å². The van der Waals surface area contributed by atoms with E-state index in [1.807, 2.05) is 13.8 Å². The Balaban J connectivity index is 2.57. The quantitative estimate of drug-likeness (QED) is 0.565. The lowest BCUT2D eigenvalue weighted by molar-refractivity contribution is 0.260. The summed E-state index contributed by atoms with van der Waals surface area (Å²) in [6.45, 7) is 3.82. The van der Waals surface area contributed by atoms with E-state index in [1.165, 1.54) is 12.1 Å². The molecular formula is C14H16BrF2NO. The summed E-state index contributed by atoms with van der Waals surface area (Å²) in [5.74, 6) is -1.75. The molecule has 0 aliphatic rings. The highest BCUT2D eigenvalue weighted by Crippen LogP contribution is 2.25. The lowest BCUT2D eigenvalue weighted by Gasteiger charge is -2.15. The van der Waals surface area contributed by atoms with Crippen LogP contribution in [0.4, 0.5) is 8.78 Å². The van der Waals surface area contributed by atoms with Crippen molar-refractivity contribution in [1.29, 1.82) is 5.26 Å². The normalized spacial score (nSPS) is 11.2. The highest BCUT2D eigenvalue weighted by molar-refractivity contribution is 9.08. The molecule has 0 saturated carbocycles. The molecule has 0 radical (unpaired) electrons. The fourth-order valence-corrected chi connectivity index (χ4v) is 1.90. The molecule has 1 aromatic rings. The van der Waals surface area contributed by atoms with Crippen molar-refractivity contribution in [3.05, 3.63) is 29.3 Å². The number of hydrogen-bond acceptors (Lipinski definition) is 2. The molecule has 0 N–H and O–H groups in total. The summed E-state index contributed by atoms with van der Waals surface area (Å²) in [5.41, 5.74) is 0.0771. The first-order chi connectivity index (χ1) is 8.89. The minimum Gasteiger partial charge on any atom is -0.488 e. The molecule has 1 aromatic carbocycles. The van der Waals surface area contributed by atoms with Crippen molar-refractivity contribution in [3.63, 3.8) is 0 Å². The van der Waals surface area contributed by atoms with Crippen LogP contribution in [0.2, 0.25) is 0 Å². The molecule has 0 amide bonds. The van der Waals surface area contributed by atoms with Crippen LogP contribution >= 0.6 is 15.9 Å². The second-order valence-corrected chi connectivity index (χ2v) is 5.53. The molecule has 19 heavy (non-hydrogen) atoms. The Morgan fingerprint density at radius 3 is 2.37 bits per heavy atom. The molecule has 0 unspecified atom stereocenters. The fraction of sp³-hybridized carbons (Fsp3) is 0.500. The Morgan fingerprint density at radius 2 is 1.89 bits per heavy atom. The van der Waals surface area contributed by atoms with Gasteiger partial charge in [0.15, 0.2) is 17.4 Å². The van der Waals surface area contributed by atoms with Gasteiger partial charge < -0.3 is 4.74 Å². The van der Waals surface area contributed by atoms with E-state index in [4.69, 9.17) is 10.00 Å². The van der Waals surface area contributed by atoms with Crippen molar-refractivity contribution in [2.45, 2.75) is 32.0 Å². The second-order valence-electron chi connectivity index (χ2n) is 4.97. The first-order valence-corrected chi connectivity index (χ1v) is 7.09. The third-order valence-electron chi connectivity index (χ3n) is 2.71. The van der Waals surface area contributed by atoms with Gasteiger partial charge >= 0.3 is 0 Å². The number of rotatable bonds is 6. The molecule has 0 saturated heterocycles. The zero-order chi connectivity index (χ0) is 14.5. The first kappa shape index (κ1) is 15.9. The van der Waals surface area contributed by atoms with E-state index < -0.39 is 17.0 Å². The molecule has 0 atom stereocenters. The van der Waals surface area contributed by atoms with Gasteiger partial charge in [0.05, 0.1) is 18.1 Å². The molecule has 0 spiro atoms. The summed E-state index contributed by atoms with van der Waals surface area (Å²) < 4.78 is 32.3. The maximum absolute atomic E-state index is 13.6. The number of halogens is 3. The van der Waals surface area contributed by atoms with Crippen molar-refractivity contribution in [2.24, 2.45) is 5.41 Å². The van der Waals surface area contributed by atoms with Crippen molar-refractivity contribution >= 4 is 15.9 Å². The molecule has 5 heteroatoms. The van der Waals surface area contributed by atoms with Gasteiger partial charge in [-0.25, -0.2) is 8.78 Å². The van der Waals surface area contributed by atoms with Gasteiger partial charge in [-0.1, -0.05) is 15.9 Å². The second kappa shape index (κ2) is 6.85. The Bertz CT molecular complexity index is 460. The van der Waals surface area contributed by atoms with E-state index >= 15 is 0 Å². The predicted molar refractivity (Wildman–Crippen MR) is 73.1 cm³/mol. The van der Waals surface area contributed by atoms with E-state index in [2.05, 4.69) is 22.0 Å². The minimum atomic E-state index is -0.700. The van der Waals surface area contributed by atoms with Crippen molar-refractivity contribution < 1.29 is 13.5 Å². The molecule has 0 fully saturated rings. The van der Waals surface area contributed by atoms with Gasteiger partial charge in [-0.15, -0.1) is 0 Å². The van der Waals surface area contributed by atoms with Crippen LogP contribution in [0.15, 0.2) is 12.1 Å². The molecule has 104 valence electrons. The fourth-order valence-electron chi connectivity index (χ4n) is 1.57. The highest BCUT2D eigenvalue weighted by atomic mass is 79.9. The molecule has 0 heterocycles. The topological polar surface area (TPSA) is 33.0 Å². The van der Waals surface area contributed by atoms with Gasteiger partial charge in [0.25, 0.3) is 0 Å². The number of ether oxygens (including phenoxy) is 1. The van der Waals surface area contributed by atoms with Crippen molar-refractivity contribution in [3.8, 4) is 11.8 Å². The largest absolute Gasteiger partial charge is 0.488 e. The Kier molecular flexibility index (Phi) is 5.74. The number of benzene rings is 1. The molecule has 1 rings (SSSR count).